The van der Waals surface area contributed by atoms with Crippen LogP contribution < -0.4 is 15.0 Å². The molecule has 0 fully saturated rings. The van der Waals surface area contributed by atoms with E-state index in [0.717, 1.165) is 16.7 Å². The monoisotopic (exact) mass is 298 g/mol. The first kappa shape index (κ1) is 14.4. The summed E-state index contributed by atoms with van der Waals surface area (Å²) >= 11 is 0. The predicted molar refractivity (Wildman–Crippen MR) is 84.2 cm³/mol. The Balaban J connectivity index is 1.97. The summed E-state index contributed by atoms with van der Waals surface area (Å²) in [6.07, 6.45) is -0.473. The van der Waals surface area contributed by atoms with Crippen LogP contribution in [-0.2, 0) is 4.84 Å². The van der Waals surface area contributed by atoms with Gasteiger partial charge < -0.3 is 9.47 Å². The molecule has 3 rings (SSSR count). The third-order valence-electron chi connectivity index (χ3n) is 3.61. The molecule has 0 radical (unpaired) electrons. The maximum absolute atomic E-state index is 5.61. The molecule has 1 heterocycles. The van der Waals surface area contributed by atoms with Gasteiger partial charge in [-0.05, 0) is 18.6 Å². The molecule has 0 aromatic heterocycles. The smallest absolute Gasteiger partial charge is 0.206 e. The number of hydrogen-bond acceptors (Lipinski definition) is 5. The largest absolute Gasteiger partial charge is 0.493 e. The number of hydroxylamine groups is 1. The Morgan fingerprint density at radius 3 is 2.59 bits per heavy atom. The molecule has 2 aromatic carbocycles. The van der Waals surface area contributed by atoms with Crippen molar-refractivity contribution < 1.29 is 14.3 Å². The van der Waals surface area contributed by atoms with Gasteiger partial charge in [0.15, 0.2) is 17.3 Å². The summed E-state index contributed by atoms with van der Waals surface area (Å²) in [5.41, 5.74) is 5.88. The lowest BCUT2D eigenvalue weighted by molar-refractivity contribution is 0.0360. The van der Waals surface area contributed by atoms with Gasteiger partial charge in [0.25, 0.3) is 0 Å². The second-order valence-electron chi connectivity index (χ2n) is 4.95. The molecule has 0 aliphatic carbocycles. The summed E-state index contributed by atoms with van der Waals surface area (Å²) in [6, 6.07) is 13.7. The maximum atomic E-state index is 5.61. The first-order valence-corrected chi connectivity index (χ1v) is 7.01. The number of aryl methyl sites for hydroxylation is 1. The first-order chi connectivity index (χ1) is 10.7. The van der Waals surface area contributed by atoms with Gasteiger partial charge in [-0.15, -0.1) is 0 Å². The number of aliphatic imine (C=N–C) groups is 1. The van der Waals surface area contributed by atoms with Gasteiger partial charge in [0.05, 0.1) is 19.8 Å². The van der Waals surface area contributed by atoms with E-state index >= 15 is 0 Å². The number of hydrogen-bond donors (Lipinski definition) is 1. The second kappa shape index (κ2) is 6.07. The Morgan fingerprint density at radius 1 is 1.05 bits per heavy atom. The number of amidine groups is 1. The van der Waals surface area contributed by atoms with Crippen molar-refractivity contribution in [2.75, 3.05) is 14.2 Å². The topological polar surface area (TPSA) is 52.1 Å². The Morgan fingerprint density at radius 2 is 1.86 bits per heavy atom. The third-order valence-corrected chi connectivity index (χ3v) is 3.61. The zero-order chi connectivity index (χ0) is 15.5. The molecule has 0 amide bonds. The number of rotatable bonds is 4. The number of nitrogens with zero attached hydrogens (tertiary/aromatic N) is 1. The molecular formula is C17H18N2O3. The standard InChI is InChI=1S/C17H18N2O3/c1-11-7-4-5-8-12(11)16-18-17(22-19-16)13-9-6-10-14(20-2)15(13)21-3/h4-10,17H,1-3H3,(H,18,19)/t17-/m1/s1. The zero-order valence-corrected chi connectivity index (χ0v) is 12.8. The minimum absolute atomic E-state index is 0.473. The van der Waals surface area contributed by atoms with Crippen LogP contribution in [-0.4, -0.2) is 20.1 Å². The number of para-hydroxylation sites is 1. The summed E-state index contributed by atoms with van der Waals surface area (Å²) in [5.74, 6) is 2.00. The van der Waals surface area contributed by atoms with E-state index in [-0.39, 0.29) is 0 Å². The molecular weight excluding hydrogens is 280 g/mol. The second-order valence-corrected chi connectivity index (χ2v) is 4.95. The SMILES string of the molecule is COc1cccc([C@@H]2N=C(c3ccccc3C)NO2)c1OC. The summed E-state index contributed by atoms with van der Waals surface area (Å²) in [4.78, 5) is 10.2. The van der Waals surface area contributed by atoms with Gasteiger partial charge in [-0.25, -0.2) is 15.3 Å². The van der Waals surface area contributed by atoms with Crippen molar-refractivity contribution in [3.63, 3.8) is 0 Å². The molecule has 5 heteroatoms. The molecule has 5 nitrogen and oxygen atoms in total. The van der Waals surface area contributed by atoms with Crippen molar-refractivity contribution in [1.29, 1.82) is 0 Å². The predicted octanol–water partition coefficient (Wildman–Crippen LogP) is 2.99. The molecule has 0 unspecified atom stereocenters. The normalized spacial score (nSPS) is 16.9. The summed E-state index contributed by atoms with van der Waals surface area (Å²) < 4.78 is 10.8. The lowest BCUT2D eigenvalue weighted by Crippen LogP contribution is -2.19. The van der Waals surface area contributed by atoms with Crippen LogP contribution >= 0.6 is 0 Å². The number of benzene rings is 2. The van der Waals surface area contributed by atoms with Crippen LogP contribution in [0.2, 0.25) is 0 Å². The van der Waals surface area contributed by atoms with Crippen LogP contribution in [0, 0.1) is 6.92 Å². The minimum Gasteiger partial charge on any atom is -0.493 e. The summed E-state index contributed by atoms with van der Waals surface area (Å²) in [7, 11) is 3.22. The molecule has 2 aromatic rings. The highest BCUT2D eigenvalue weighted by Gasteiger charge is 2.26. The fourth-order valence-electron chi connectivity index (χ4n) is 2.48. The Hall–Kier alpha value is -2.53. The van der Waals surface area contributed by atoms with Crippen LogP contribution in [0.15, 0.2) is 47.5 Å². The van der Waals surface area contributed by atoms with Gasteiger partial charge in [0, 0.05) is 5.56 Å². The van der Waals surface area contributed by atoms with E-state index < -0.39 is 6.23 Å². The van der Waals surface area contributed by atoms with Crippen molar-refractivity contribution >= 4 is 5.84 Å². The quantitative estimate of drug-likeness (QED) is 0.943. The highest BCUT2D eigenvalue weighted by molar-refractivity contribution is 6.00. The van der Waals surface area contributed by atoms with Crippen molar-refractivity contribution in [3.8, 4) is 11.5 Å². The molecule has 0 saturated heterocycles. The Labute approximate surface area is 129 Å². The average Bonchev–Trinajstić information content (AvgIpc) is 3.04. The van der Waals surface area contributed by atoms with Gasteiger partial charge in [0.2, 0.25) is 6.23 Å². The molecule has 22 heavy (non-hydrogen) atoms. The highest BCUT2D eigenvalue weighted by Crippen LogP contribution is 2.37. The van der Waals surface area contributed by atoms with E-state index in [1.54, 1.807) is 14.2 Å². The van der Waals surface area contributed by atoms with Crippen LogP contribution in [0.25, 0.3) is 0 Å². The molecule has 0 spiro atoms. The lowest BCUT2D eigenvalue weighted by atomic mass is 10.1. The van der Waals surface area contributed by atoms with E-state index in [2.05, 4.69) is 10.5 Å². The number of ether oxygens (including phenoxy) is 2. The van der Waals surface area contributed by atoms with E-state index in [1.807, 2.05) is 49.4 Å². The summed E-state index contributed by atoms with van der Waals surface area (Å²) in [6.45, 7) is 2.04. The average molecular weight is 298 g/mol. The third kappa shape index (κ3) is 2.51. The van der Waals surface area contributed by atoms with Crippen molar-refractivity contribution in [3.05, 3.63) is 59.2 Å². The molecule has 1 aliphatic heterocycles. The fourth-order valence-corrected chi connectivity index (χ4v) is 2.48. The van der Waals surface area contributed by atoms with Crippen molar-refractivity contribution in [2.24, 2.45) is 4.99 Å². The maximum Gasteiger partial charge on any atom is 0.206 e. The van der Waals surface area contributed by atoms with Gasteiger partial charge in [-0.1, -0.05) is 36.4 Å². The molecule has 0 bridgehead atoms. The molecule has 1 aliphatic rings. The number of methoxy groups -OCH3 is 2. The van der Waals surface area contributed by atoms with Gasteiger partial charge >= 0.3 is 0 Å². The Bertz CT molecular complexity index is 713. The zero-order valence-electron chi connectivity index (χ0n) is 12.8. The van der Waals surface area contributed by atoms with Crippen LogP contribution in [0.1, 0.15) is 22.9 Å². The van der Waals surface area contributed by atoms with Gasteiger partial charge in [-0.3, -0.25) is 0 Å². The summed E-state index contributed by atoms with van der Waals surface area (Å²) in [5, 5.41) is 0. The molecule has 1 atom stereocenters. The van der Waals surface area contributed by atoms with E-state index in [4.69, 9.17) is 14.3 Å². The minimum atomic E-state index is -0.473. The van der Waals surface area contributed by atoms with E-state index in [1.165, 1.54) is 0 Å². The van der Waals surface area contributed by atoms with Crippen LogP contribution in [0.4, 0.5) is 0 Å². The lowest BCUT2D eigenvalue weighted by Gasteiger charge is -2.14. The van der Waals surface area contributed by atoms with Gasteiger partial charge in [-0.2, -0.15) is 0 Å². The van der Waals surface area contributed by atoms with Crippen molar-refractivity contribution in [1.82, 2.24) is 5.48 Å². The van der Waals surface area contributed by atoms with Crippen molar-refractivity contribution in [2.45, 2.75) is 13.2 Å². The number of nitrogens with one attached hydrogen (secondary N) is 1. The van der Waals surface area contributed by atoms with E-state index in [9.17, 15) is 0 Å². The van der Waals surface area contributed by atoms with Crippen LogP contribution in [0.5, 0.6) is 11.5 Å². The van der Waals surface area contributed by atoms with E-state index in [0.29, 0.717) is 17.3 Å². The van der Waals surface area contributed by atoms with Crippen LogP contribution in [0.3, 0.4) is 0 Å². The fraction of sp³-hybridized carbons (Fsp3) is 0.235. The highest BCUT2D eigenvalue weighted by atomic mass is 16.7. The molecule has 0 saturated carbocycles. The molecule has 1 N–H and O–H groups in total. The first-order valence-electron chi connectivity index (χ1n) is 7.01. The Kier molecular flexibility index (Phi) is 3.98. The molecule has 114 valence electrons. The van der Waals surface area contributed by atoms with Gasteiger partial charge in [0.1, 0.15) is 0 Å².